The molecule has 0 radical (unpaired) electrons. The molecule has 1 aromatic rings. The van der Waals surface area contributed by atoms with Crippen molar-refractivity contribution in [3.63, 3.8) is 0 Å². The van der Waals surface area contributed by atoms with Gasteiger partial charge in [-0.1, -0.05) is 11.6 Å². The van der Waals surface area contributed by atoms with Crippen molar-refractivity contribution < 1.29 is 17.9 Å². The Balaban J connectivity index is 3.10. The lowest BCUT2D eigenvalue weighted by Gasteiger charge is -2.12. The Morgan fingerprint density at radius 2 is 2.15 bits per heavy atom. The predicted octanol–water partition coefficient (Wildman–Crippen LogP) is 1.51. The third-order valence-corrected chi connectivity index (χ3v) is 4.71. The van der Waals surface area contributed by atoms with Crippen molar-refractivity contribution >= 4 is 43.5 Å². The van der Waals surface area contributed by atoms with Crippen molar-refractivity contribution in [3.05, 3.63) is 27.2 Å². The number of sulfonamides is 1. The maximum absolute atomic E-state index is 12.0. The van der Waals surface area contributed by atoms with Crippen molar-refractivity contribution in [1.29, 1.82) is 0 Å². The average molecular weight is 386 g/mol. The van der Waals surface area contributed by atoms with Crippen LogP contribution in [0.5, 0.6) is 0 Å². The monoisotopic (exact) mass is 384 g/mol. The fourth-order valence-corrected chi connectivity index (χ4v) is 3.35. The molecule has 20 heavy (non-hydrogen) atoms. The molecule has 0 aromatic heterocycles. The normalized spacial score (nSPS) is 13.1. The Morgan fingerprint density at radius 1 is 1.55 bits per heavy atom. The minimum atomic E-state index is -3.95. The number of methoxy groups -OCH3 is 1. The van der Waals surface area contributed by atoms with Crippen LogP contribution in [0.25, 0.3) is 0 Å². The largest absolute Gasteiger partial charge is 0.380 e. The van der Waals surface area contributed by atoms with E-state index in [0.717, 1.165) is 6.07 Å². The number of carbonyl (C=O) groups is 1. The number of hydrogen-bond donors (Lipinski definition) is 2. The molecule has 1 amide bonds. The van der Waals surface area contributed by atoms with E-state index in [1.807, 2.05) is 0 Å². The molecule has 0 bridgehead atoms. The number of ether oxygens (including phenoxy) is 1. The van der Waals surface area contributed by atoms with Crippen molar-refractivity contribution in [1.82, 2.24) is 5.32 Å². The van der Waals surface area contributed by atoms with Gasteiger partial charge >= 0.3 is 0 Å². The van der Waals surface area contributed by atoms with E-state index in [1.165, 1.54) is 13.2 Å². The molecular weight excluding hydrogens is 372 g/mol. The number of nitrogens with one attached hydrogen (secondary N) is 1. The first-order chi connectivity index (χ1) is 9.16. The highest BCUT2D eigenvalue weighted by Gasteiger charge is 2.19. The highest BCUT2D eigenvalue weighted by Crippen LogP contribution is 2.28. The highest BCUT2D eigenvalue weighted by molar-refractivity contribution is 9.10. The van der Waals surface area contributed by atoms with Crippen LogP contribution in [0.1, 0.15) is 17.3 Å². The van der Waals surface area contributed by atoms with E-state index >= 15 is 0 Å². The lowest BCUT2D eigenvalue weighted by atomic mass is 10.2. The van der Waals surface area contributed by atoms with Crippen LogP contribution in [-0.4, -0.2) is 34.1 Å². The van der Waals surface area contributed by atoms with Crippen LogP contribution in [0.2, 0.25) is 5.02 Å². The summed E-state index contributed by atoms with van der Waals surface area (Å²) >= 11 is 8.98. The van der Waals surface area contributed by atoms with Gasteiger partial charge in [0.05, 0.1) is 21.6 Å². The average Bonchev–Trinajstić information content (AvgIpc) is 2.33. The predicted molar refractivity (Wildman–Crippen MR) is 79.3 cm³/mol. The fraction of sp³-hybridized carbons (Fsp3) is 0.364. The van der Waals surface area contributed by atoms with Gasteiger partial charge in [-0.3, -0.25) is 4.79 Å². The molecule has 0 spiro atoms. The van der Waals surface area contributed by atoms with Crippen LogP contribution in [0.3, 0.4) is 0 Å². The molecule has 1 atom stereocenters. The number of carbonyl (C=O) groups excluding carboxylic acids is 1. The Bertz CT molecular complexity index is 621. The first-order valence-electron chi connectivity index (χ1n) is 5.49. The third-order valence-electron chi connectivity index (χ3n) is 2.53. The maximum Gasteiger partial charge on any atom is 0.252 e. The summed E-state index contributed by atoms with van der Waals surface area (Å²) in [6.45, 7) is 2.05. The second-order valence-electron chi connectivity index (χ2n) is 4.06. The molecule has 0 saturated carbocycles. The zero-order valence-corrected chi connectivity index (χ0v) is 14.0. The van der Waals surface area contributed by atoms with Crippen LogP contribution in [0, 0.1) is 0 Å². The van der Waals surface area contributed by atoms with Crippen LogP contribution in [0.15, 0.2) is 21.5 Å². The molecule has 112 valence electrons. The lowest BCUT2D eigenvalue weighted by molar-refractivity contribution is 0.0870. The van der Waals surface area contributed by atoms with Crippen LogP contribution in [-0.2, 0) is 14.8 Å². The summed E-state index contributed by atoms with van der Waals surface area (Å²) in [5.41, 5.74) is 0.0298. The van der Waals surface area contributed by atoms with Gasteiger partial charge in [-0.25, -0.2) is 13.6 Å². The molecular formula is C11H14BrClN2O4S. The number of hydrogen-bond acceptors (Lipinski definition) is 4. The molecule has 0 aliphatic rings. The summed E-state index contributed by atoms with van der Waals surface area (Å²) in [5, 5.41) is 7.77. The first kappa shape index (κ1) is 17.4. The number of halogens is 2. The second kappa shape index (κ2) is 6.86. The summed E-state index contributed by atoms with van der Waals surface area (Å²) in [7, 11) is -2.44. The molecule has 1 rings (SSSR count). The Kier molecular flexibility index (Phi) is 5.96. The van der Waals surface area contributed by atoms with Crippen LogP contribution < -0.4 is 10.5 Å². The van der Waals surface area contributed by atoms with Gasteiger partial charge in [-0.2, -0.15) is 0 Å². The van der Waals surface area contributed by atoms with Gasteiger partial charge in [0.25, 0.3) is 5.91 Å². The topological polar surface area (TPSA) is 98.5 Å². The maximum atomic E-state index is 12.0. The summed E-state index contributed by atoms with van der Waals surface area (Å²) in [6.07, 6.45) is -0.175. The van der Waals surface area contributed by atoms with Crippen molar-refractivity contribution in [2.45, 2.75) is 17.9 Å². The summed E-state index contributed by atoms with van der Waals surface area (Å²) in [6, 6.07) is 2.45. The SMILES string of the molecule is COC(C)CNC(=O)c1cc(S(N)(=O)=O)c(Br)cc1Cl. The van der Waals surface area contributed by atoms with E-state index in [4.69, 9.17) is 21.5 Å². The fourth-order valence-electron chi connectivity index (χ4n) is 1.34. The van der Waals surface area contributed by atoms with Gasteiger partial charge < -0.3 is 10.1 Å². The van der Waals surface area contributed by atoms with E-state index < -0.39 is 15.9 Å². The van der Waals surface area contributed by atoms with Gasteiger partial charge in [0, 0.05) is 18.1 Å². The molecule has 1 aromatic carbocycles. The summed E-state index contributed by atoms with van der Waals surface area (Å²) in [5.74, 6) is -0.503. The molecule has 0 heterocycles. The zero-order chi connectivity index (χ0) is 15.5. The Hall–Kier alpha value is -0.670. The number of primary sulfonamides is 1. The molecule has 0 aliphatic carbocycles. The van der Waals surface area contributed by atoms with Crippen LogP contribution in [0.4, 0.5) is 0 Å². The van der Waals surface area contributed by atoms with E-state index in [-0.39, 0.29) is 32.6 Å². The van der Waals surface area contributed by atoms with E-state index in [2.05, 4.69) is 21.2 Å². The number of rotatable bonds is 5. The first-order valence-corrected chi connectivity index (χ1v) is 8.21. The summed E-state index contributed by atoms with van der Waals surface area (Å²) < 4.78 is 28.0. The Labute approximate surface area is 130 Å². The smallest absolute Gasteiger partial charge is 0.252 e. The Morgan fingerprint density at radius 3 is 2.65 bits per heavy atom. The minimum absolute atomic E-state index is 0.0298. The van der Waals surface area contributed by atoms with Gasteiger partial charge in [0.15, 0.2) is 0 Å². The molecule has 0 aliphatic heterocycles. The lowest BCUT2D eigenvalue weighted by Crippen LogP contribution is -2.32. The third kappa shape index (κ3) is 4.42. The van der Waals surface area contributed by atoms with Crippen molar-refractivity contribution in [2.24, 2.45) is 5.14 Å². The van der Waals surface area contributed by atoms with E-state index in [1.54, 1.807) is 6.92 Å². The molecule has 1 unspecified atom stereocenters. The molecule has 6 nitrogen and oxygen atoms in total. The van der Waals surface area contributed by atoms with Crippen molar-refractivity contribution in [2.75, 3.05) is 13.7 Å². The van der Waals surface area contributed by atoms with Crippen LogP contribution >= 0.6 is 27.5 Å². The standard InChI is InChI=1S/C11H14BrClN2O4S/c1-6(19-2)5-15-11(16)7-3-10(20(14,17)18)8(12)4-9(7)13/h3-4,6H,5H2,1-2H3,(H,15,16)(H2,14,17,18). The minimum Gasteiger partial charge on any atom is -0.380 e. The van der Waals surface area contributed by atoms with Gasteiger partial charge in [-0.05, 0) is 35.0 Å². The molecule has 0 saturated heterocycles. The number of amides is 1. The van der Waals surface area contributed by atoms with Gasteiger partial charge in [-0.15, -0.1) is 0 Å². The number of nitrogens with two attached hydrogens (primary N) is 1. The zero-order valence-electron chi connectivity index (χ0n) is 10.8. The molecule has 0 fully saturated rings. The second-order valence-corrected chi connectivity index (χ2v) is 6.86. The highest BCUT2D eigenvalue weighted by atomic mass is 79.9. The quantitative estimate of drug-likeness (QED) is 0.802. The van der Waals surface area contributed by atoms with E-state index in [0.29, 0.717) is 0 Å². The van der Waals surface area contributed by atoms with E-state index in [9.17, 15) is 13.2 Å². The molecule has 9 heteroatoms. The number of benzene rings is 1. The summed E-state index contributed by atoms with van der Waals surface area (Å²) in [4.78, 5) is 11.8. The molecule has 3 N–H and O–H groups in total. The van der Waals surface area contributed by atoms with Crippen molar-refractivity contribution in [3.8, 4) is 0 Å². The van der Waals surface area contributed by atoms with Gasteiger partial charge in [0.2, 0.25) is 10.0 Å². The van der Waals surface area contributed by atoms with Gasteiger partial charge in [0.1, 0.15) is 0 Å².